The topological polar surface area (TPSA) is 35.2 Å². The summed E-state index contributed by atoms with van der Waals surface area (Å²) in [5.74, 6) is 0.0851. The van der Waals surface area contributed by atoms with Gasteiger partial charge in [-0.05, 0) is 46.5 Å². The van der Waals surface area contributed by atoms with Crippen molar-refractivity contribution in [3.05, 3.63) is 34.1 Å². The maximum Gasteiger partial charge on any atom is 0.137 e. The average Bonchev–Trinajstić information content (AvgIpc) is 2.33. The molecule has 16 heavy (non-hydrogen) atoms. The Morgan fingerprint density at radius 2 is 2.31 bits per heavy atom. The van der Waals surface area contributed by atoms with Crippen LogP contribution in [0.3, 0.4) is 0 Å². The lowest BCUT2D eigenvalue weighted by Gasteiger charge is -2.27. The van der Waals surface area contributed by atoms with Crippen molar-refractivity contribution in [1.82, 2.24) is 0 Å². The SMILES string of the molecule is NC(c1ccc(F)c(Br)c1)C1CCCOC1. The third kappa shape index (κ3) is 2.62. The minimum absolute atomic E-state index is 0.0720. The quantitative estimate of drug-likeness (QED) is 0.908. The van der Waals surface area contributed by atoms with Gasteiger partial charge in [-0.1, -0.05) is 6.07 Å². The van der Waals surface area contributed by atoms with Crippen molar-refractivity contribution >= 4 is 15.9 Å². The van der Waals surface area contributed by atoms with Gasteiger partial charge in [0.2, 0.25) is 0 Å². The molecule has 1 aliphatic heterocycles. The molecule has 1 heterocycles. The van der Waals surface area contributed by atoms with Gasteiger partial charge in [-0.15, -0.1) is 0 Å². The zero-order valence-corrected chi connectivity index (χ0v) is 10.5. The normalized spacial score (nSPS) is 23.1. The highest BCUT2D eigenvalue weighted by atomic mass is 79.9. The lowest BCUT2D eigenvalue weighted by molar-refractivity contribution is 0.0447. The molecule has 2 nitrogen and oxygen atoms in total. The molecule has 1 fully saturated rings. The van der Waals surface area contributed by atoms with E-state index in [1.165, 1.54) is 6.07 Å². The highest BCUT2D eigenvalue weighted by Crippen LogP contribution is 2.29. The standard InChI is InChI=1S/C12H15BrFNO/c13-10-6-8(3-4-11(10)14)12(15)9-2-1-5-16-7-9/h3-4,6,9,12H,1-2,5,7,15H2. The molecule has 0 aliphatic carbocycles. The second-order valence-corrected chi connectivity index (χ2v) is 5.03. The smallest absolute Gasteiger partial charge is 0.137 e. The highest BCUT2D eigenvalue weighted by molar-refractivity contribution is 9.10. The molecular weight excluding hydrogens is 273 g/mol. The predicted octanol–water partition coefficient (Wildman–Crippen LogP) is 3.01. The fraction of sp³-hybridized carbons (Fsp3) is 0.500. The summed E-state index contributed by atoms with van der Waals surface area (Å²) < 4.78 is 19.0. The van der Waals surface area contributed by atoms with Gasteiger partial charge in [0, 0.05) is 18.6 Å². The molecule has 0 amide bonds. The monoisotopic (exact) mass is 287 g/mol. The van der Waals surface area contributed by atoms with Crippen LogP contribution in [-0.2, 0) is 4.74 Å². The van der Waals surface area contributed by atoms with E-state index in [0.29, 0.717) is 17.0 Å². The molecule has 0 radical (unpaired) electrons. The third-order valence-electron chi connectivity index (χ3n) is 3.03. The van der Waals surface area contributed by atoms with E-state index in [2.05, 4.69) is 15.9 Å². The Bertz CT molecular complexity index is 366. The summed E-state index contributed by atoms with van der Waals surface area (Å²) in [6, 6.07) is 4.88. The summed E-state index contributed by atoms with van der Waals surface area (Å²) in [6.07, 6.45) is 2.14. The first-order valence-corrected chi connectivity index (χ1v) is 6.26. The number of nitrogens with two attached hydrogens (primary N) is 1. The Balaban J connectivity index is 2.12. The Morgan fingerprint density at radius 1 is 1.50 bits per heavy atom. The predicted molar refractivity (Wildman–Crippen MR) is 64.6 cm³/mol. The van der Waals surface area contributed by atoms with Gasteiger partial charge >= 0.3 is 0 Å². The number of ether oxygens (including phenoxy) is 1. The lowest BCUT2D eigenvalue weighted by Crippen LogP contribution is -2.29. The number of hydrogen-bond donors (Lipinski definition) is 1. The van der Waals surface area contributed by atoms with E-state index in [4.69, 9.17) is 10.5 Å². The van der Waals surface area contributed by atoms with Gasteiger partial charge in [0.25, 0.3) is 0 Å². The van der Waals surface area contributed by atoms with Crippen LogP contribution in [0.15, 0.2) is 22.7 Å². The van der Waals surface area contributed by atoms with Crippen molar-refractivity contribution in [2.75, 3.05) is 13.2 Å². The van der Waals surface area contributed by atoms with Crippen LogP contribution in [-0.4, -0.2) is 13.2 Å². The summed E-state index contributed by atoms with van der Waals surface area (Å²) in [4.78, 5) is 0. The fourth-order valence-electron chi connectivity index (χ4n) is 2.04. The zero-order valence-electron chi connectivity index (χ0n) is 8.96. The van der Waals surface area contributed by atoms with E-state index in [9.17, 15) is 4.39 Å². The van der Waals surface area contributed by atoms with Crippen LogP contribution in [0.4, 0.5) is 4.39 Å². The second kappa shape index (κ2) is 5.25. The van der Waals surface area contributed by atoms with Gasteiger partial charge in [-0.3, -0.25) is 0 Å². The minimum Gasteiger partial charge on any atom is -0.381 e. The van der Waals surface area contributed by atoms with Crippen molar-refractivity contribution in [3.63, 3.8) is 0 Å². The van der Waals surface area contributed by atoms with Crippen LogP contribution >= 0.6 is 15.9 Å². The first-order valence-electron chi connectivity index (χ1n) is 5.47. The van der Waals surface area contributed by atoms with E-state index in [0.717, 1.165) is 25.0 Å². The number of rotatable bonds is 2. The fourth-order valence-corrected chi connectivity index (χ4v) is 2.44. The summed E-state index contributed by atoms with van der Waals surface area (Å²) in [7, 11) is 0. The van der Waals surface area contributed by atoms with Gasteiger partial charge in [-0.2, -0.15) is 0 Å². The molecule has 1 aromatic carbocycles. The molecule has 0 bridgehead atoms. The first kappa shape index (κ1) is 12.0. The molecule has 0 saturated carbocycles. The molecule has 1 saturated heterocycles. The molecule has 2 N–H and O–H groups in total. The van der Waals surface area contributed by atoms with Gasteiger partial charge < -0.3 is 10.5 Å². The van der Waals surface area contributed by atoms with Crippen LogP contribution in [0.1, 0.15) is 24.4 Å². The molecule has 1 aromatic rings. The van der Waals surface area contributed by atoms with Crippen LogP contribution in [0, 0.1) is 11.7 Å². The molecule has 0 aromatic heterocycles. The third-order valence-corrected chi connectivity index (χ3v) is 3.64. The summed E-state index contributed by atoms with van der Waals surface area (Å²) in [6.45, 7) is 1.53. The number of benzene rings is 1. The summed E-state index contributed by atoms with van der Waals surface area (Å²) in [5.41, 5.74) is 7.13. The van der Waals surface area contributed by atoms with Crippen LogP contribution in [0.25, 0.3) is 0 Å². The van der Waals surface area contributed by atoms with Crippen molar-refractivity contribution in [2.24, 2.45) is 11.7 Å². The molecular formula is C12H15BrFNO. The van der Waals surface area contributed by atoms with Crippen LogP contribution in [0.2, 0.25) is 0 Å². The highest BCUT2D eigenvalue weighted by Gasteiger charge is 2.22. The Labute approximate surface area is 103 Å². The summed E-state index contributed by atoms with van der Waals surface area (Å²) in [5, 5.41) is 0. The molecule has 0 spiro atoms. The zero-order chi connectivity index (χ0) is 11.5. The molecule has 88 valence electrons. The van der Waals surface area contributed by atoms with Gasteiger partial charge in [-0.25, -0.2) is 4.39 Å². The Hall–Kier alpha value is -0.450. The van der Waals surface area contributed by atoms with Gasteiger partial charge in [0.15, 0.2) is 0 Å². The largest absolute Gasteiger partial charge is 0.381 e. The molecule has 2 rings (SSSR count). The van der Waals surface area contributed by atoms with Crippen LogP contribution < -0.4 is 5.73 Å². The summed E-state index contributed by atoms with van der Waals surface area (Å²) >= 11 is 3.18. The molecule has 1 aliphatic rings. The Morgan fingerprint density at radius 3 is 2.94 bits per heavy atom. The average molecular weight is 288 g/mol. The first-order chi connectivity index (χ1) is 7.68. The second-order valence-electron chi connectivity index (χ2n) is 4.18. The van der Waals surface area contributed by atoms with Crippen LogP contribution in [0.5, 0.6) is 0 Å². The van der Waals surface area contributed by atoms with Crippen molar-refractivity contribution in [1.29, 1.82) is 0 Å². The Kier molecular flexibility index (Phi) is 3.95. The van der Waals surface area contributed by atoms with Crippen molar-refractivity contribution < 1.29 is 9.13 Å². The van der Waals surface area contributed by atoms with Gasteiger partial charge in [0.1, 0.15) is 5.82 Å². The molecule has 2 unspecified atom stereocenters. The molecule has 4 heteroatoms. The molecule has 2 atom stereocenters. The maximum atomic E-state index is 13.1. The maximum absolute atomic E-state index is 13.1. The van der Waals surface area contributed by atoms with E-state index in [1.807, 2.05) is 0 Å². The van der Waals surface area contributed by atoms with Crippen molar-refractivity contribution in [2.45, 2.75) is 18.9 Å². The van der Waals surface area contributed by atoms with E-state index in [-0.39, 0.29) is 11.9 Å². The van der Waals surface area contributed by atoms with E-state index < -0.39 is 0 Å². The number of halogens is 2. The lowest BCUT2D eigenvalue weighted by atomic mass is 9.89. The van der Waals surface area contributed by atoms with E-state index >= 15 is 0 Å². The minimum atomic E-state index is -0.254. The number of hydrogen-bond acceptors (Lipinski definition) is 2. The van der Waals surface area contributed by atoms with E-state index in [1.54, 1.807) is 12.1 Å². The van der Waals surface area contributed by atoms with Gasteiger partial charge in [0.05, 0.1) is 11.1 Å². The van der Waals surface area contributed by atoms with Crippen molar-refractivity contribution in [3.8, 4) is 0 Å².